The summed E-state index contributed by atoms with van der Waals surface area (Å²) in [5.41, 5.74) is 0. The van der Waals surface area contributed by atoms with Gasteiger partial charge in [-0.3, -0.25) is 4.90 Å². The molecule has 0 unspecified atom stereocenters. The first-order valence-corrected chi connectivity index (χ1v) is 5.91. The fraction of sp³-hybridized carbons (Fsp3) is 1.00. The number of nitrogens with zero attached hydrogens (tertiary/aromatic N) is 1. The van der Waals surface area contributed by atoms with Crippen molar-refractivity contribution >= 4 is 0 Å². The molecule has 0 atom stereocenters. The van der Waals surface area contributed by atoms with E-state index in [4.69, 9.17) is 0 Å². The van der Waals surface area contributed by atoms with Crippen LogP contribution in [0.15, 0.2) is 0 Å². The maximum Gasteiger partial charge on any atom is 0.0489 e. The summed E-state index contributed by atoms with van der Waals surface area (Å²) in [5.74, 6) is 0. The van der Waals surface area contributed by atoms with Gasteiger partial charge < -0.3 is 26.6 Å². The Bertz CT molecular complexity index is 132. The highest BCUT2D eigenvalue weighted by molar-refractivity contribution is 4.53. The van der Waals surface area contributed by atoms with E-state index in [-0.39, 0.29) is 0 Å². The molecule has 98 valence electrons. The van der Waals surface area contributed by atoms with Gasteiger partial charge in [0.05, 0.1) is 0 Å². The van der Waals surface area contributed by atoms with Crippen molar-refractivity contribution in [1.29, 1.82) is 0 Å². The summed E-state index contributed by atoms with van der Waals surface area (Å²) < 4.78 is 0. The third-order valence-corrected chi connectivity index (χ3v) is 2.10. The summed E-state index contributed by atoms with van der Waals surface area (Å²) in [6.07, 6.45) is 0. The molecule has 6 nitrogen and oxygen atoms in total. The second-order valence-electron chi connectivity index (χ2n) is 3.81. The highest BCUT2D eigenvalue weighted by Crippen LogP contribution is 1.73. The highest BCUT2D eigenvalue weighted by Gasteiger charge is 1.95. The molecule has 0 aliphatic carbocycles. The van der Waals surface area contributed by atoms with E-state index in [0.29, 0.717) is 0 Å². The fourth-order valence-electron chi connectivity index (χ4n) is 1.20. The van der Waals surface area contributed by atoms with Crippen LogP contribution in [0, 0.1) is 0 Å². The average Bonchev–Trinajstić information content (AvgIpc) is 2.29. The molecule has 6 heteroatoms. The van der Waals surface area contributed by atoms with Gasteiger partial charge in [0.15, 0.2) is 0 Å². The standard InChI is InChI=1S/C10H28N6/c1-11-4-5-14-9-16(3)10-15-7-6-13-8-12-2/h11-15H,4-10H2,1-3H3. The van der Waals surface area contributed by atoms with E-state index in [1.54, 1.807) is 0 Å². The van der Waals surface area contributed by atoms with Gasteiger partial charge in [-0.1, -0.05) is 0 Å². The minimum Gasteiger partial charge on any atom is -0.318 e. The maximum atomic E-state index is 3.36. The average molecular weight is 232 g/mol. The lowest BCUT2D eigenvalue weighted by atomic mass is 10.6. The first-order chi connectivity index (χ1) is 7.81. The molecule has 0 fully saturated rings. The van der Waals surface area contributed by atoms with Crippen LogP contribution in [0.2, 0.25) is 0 Å². The molecule has 0 bridgehead atoms. The van der Waals surface area contributed by atoms with Crippen LogP contribution in [0.1, 0.15) is 0 Å². The topological polar surface area (TPSA) is 63.4 Å². The van der Waals surface area contributed by atoms with E-state index in [2.05, 4.69) is 38.5 Å². The molecule has 0 radical (unpaired) electrons. The zero-order valence-electron chi connectivity index (χ0n) is 10.9. The van der Waals surface area contributed by atoms with Crippen LogP contribution in [-0.4, -0.2) is 72.2 Å². The van der Waals surface area contributed by atoms with Gasteiger partial charge in [-0.25, -0.2) is 0 Å². The van der Waals surface area contributed by atoms with Gasteiger partial charge in [-0.15, -0.1) is 0 Å². The molecular formula is C10H28N6. The van der Waals surface area contributed by atoms with Crippen LogP contribution >= 0.6 is 0 Å². The van der Waals surface area contributed by atoms with E-state index in [1.165, 1.54) is 0 Å². The lowest BCUT2D eigenvalue weighted by Crippen LogP contribution is -2.41. The van der Waals surface area contributed by atoms with Gasteiger partial charge >= 0.3 is 0 Å². The Kier molecular flexibility index (Phi) is 12.6. The Balaban J connectivity index is 3.08. The van der Waals surface area contributed by atoms with Crippen LogP contribution in [0.4, 0.5) is 0 Å². The minimum absolute atomic E-state index is 0.864. The molecule has 0 aromatic heterocycles. The normalized spacial score (nSPS) is 11.2. The largest absolute Gasteiger partial charge is 0.318 e. The predicted molar refractivity (Wildman–Crippen MR) is 69.4 cm³/mol. The quantitative estimate of drug-likeness (QED) is 0.198. The Morgan fingerprint density at radius 3 is 1.88 bits per heavy atom. The van der Waals surface area contributed by atoms with E-state index >= 15 is 0 Å². The number of hydrogen-bond acceptors (Lipinski definition) is 6. The minimum atomic E-state index is 0.864. The first-order valence-electron chi connectivity index (χ1n) is 5.91. The molecular weight excluding hydrogens is 204 g/mol. The molecule has 0 aromatic carbocycles. The molecule has 0 aromatic rings. The van der Waals surface area contributed by atoms with E-state index < -0.39 is 0 Å². The smallest absolute Gasteiger partial charge is 0.0489 e. The van der Waals surface area contributed by atoms with E-state index in [0.717, 1.165) is 46.2 Å². The van der Waals surface area contributed by atoms with Gasteiger partial charge in [0.2, 0.25) is 0 Å². The molecule has 5 N–H and O–H groups in total. The summed E-state index contributed by atoms with van der Waals surface area (Å²) in [4.78, 5) is 2.22. The summed E-state index contributed by atoms with van der Waals surface area (Å²) in [5, 5.41) is 16.1. The fourth-order valence-corrected chi connectivity index (χ4v) is 1.20. The van der Waals surface area contributed by atoms with E-state index in [1.807, 2.05) is 14.1 Å². The maximum absolute atomic E-state index is 3.36. The van der Waals surface area contributed by atoms with E-state index in [9.17, 15) is 0 Å². The van der Waals surface area contributed by atoms with Crippen molar-refractivity contribution in [3.63, 3.8) is 0 Å². The number of nitrogens with one attached hydrogen (secondary N) is 5. The van der Waals surface area contributed by atoms with Crippen molar-refractivity contribution in [2.45, 2.75) is 0 Å². The van der Waals surface area contributed by atoms with Gasteiger partial charge in [0.25, 0.3) is 0 Å². The molecule has 0 saturated carbocycles. The summed E-state index contributed by atoms with van der Waals surface area (Å²) in [6, 6.07) is 0. The lowest BCUT2D eigenvalue weighted by molar-refractivity contribution is 0.284. The number of rotatable bonds is 12. The summed E-state index contributed by atoms with van der Waals surface area (Å²) in [7, 11) is 6.00. The van der Waals surface area contributed by atoms with Crippen molar-refractivity contribution in [3.05, 3.63) is 0 Å². The van der Waals surface area contributed by atoms with Gasteiger partial charge in [-0.05, 0) is 21.1 Å². The molecule has 0 heterocycles. The second-order valence-corrected chi connectivity index (χ2v) is 3.81. The molecule has 0 spiro atoms. The monoisotopic (exact) mass is 232 g/mol. The molecule has 0 saturated heterocycles. The van der Waals surface area contributed by atoms with Gasteiger partial charge in [-0.2, -0.15) is 0 Å². The van der Waals surface area contributed by atoms with Crippen molar-refractivity contribution in [2.75, 3.05) is 67.3 Å². The van der Waals surface area contributed by atoms with Gasteiger partial charge in [0.1, 0.15) is 0 Å². The van der Waals surface area contributed by atoms with Crippen molar-refractivity contribution in [2.24, 2.45) is 0 Å². The van der Waals surface area contributed by atoms with Crippen molar-refractivity contribution in [3.8, 4) is 0 Å². The van der Waals surface area contributed by atoms with Gasteiger partial charge in [0, 0.05) is 46.2 Å². The van der Waals surface area contributed by atoms with Crippen LogP contribution in [0.25, 0.3) is 0 Å². The van der Waals surface area contributed by atoms with Crippen LogP contribution in [0.3, 0.4) is 0 Å². The Labute approximate surface area is 99.5 Å². The first kappa shape index (κ1) is 15.8. The molecule has 16 heavy (non-hydrogen) atoms. The number of likely N-dealkylation sites (N-methyl/N-ethyl adjacent to an activating group) is 1. The summed E-state index contributed by atoms with van der Waals surface area (Å²) in [6.45, 7) is 6.68. The van der Waals surface area contributed by atoms with Crippen LogP contribution in [-0.2, 0) is 0 Å². The van der Waals surface area contributed by atoms with Crippen molar-refractivity contribution < 1.29 is 0 Å². The molecule has 0 rings (SSSR count). The van der Waals surface area contributed by atoms with Crippen molar-refractivity contribution in [1.82, 2.24) is 31.5 Å². The lowest BCUT2D eigenvalue weighted by Gasteiger charge is -2.18. The zero-order valence-corrected chi connectivity index (χ0v) is 10.9. The SMILES string of the molecule is CNCCNCN(C)CNCCNCNC. The Hall–Kier alpha value is -0.240. The molecule has 0 aliphatic rings. The predicted octanol–water partition coefficient (Wildman–Crippen LogP) is -2.00. The Morgan fingerprint density at radius 1 is 0.750 bits per heavy atom. The Morgan fingerprint density at radius 2 is 1.31 bits per heavy atom. The third kappa shape index (κ3) is 11.8. The van der Waals surface area contributed by atoms with Crippen LogP contribution in [0.5, 0.6) is 0 Å². The zero-order chi connectivity index (χ0) is 12.1. The second kappa shape index (κ2) is 12.8. The van der Waals surface area contributed by atoms with Crippen LogP contribution < -0.4 is 26.6 Å². The highest BCUT2D eigenvalue weighted by atomic mass is 15.3. The number of hydrogen-bond donors (Lipinski definition) is 5. The molecule has 0 aliphatic heterocycles. The summed E-state index contributed by atoms with van der Waals surface area (Å²) >= 11 is 0. The molecule has 0 amide bonds. The third-order valence-electron chi connectivity index (χ3n) is 2.10.